The molecule has 0 bridgehead atoms. The molecule has 12 nitrogen and oxygen atoms in total. The summed E-state index contributed by atoms with van der Waals surface area (Å²) in [6.07, 6.45) is 0. The van der Waals surface area contributed by atoms with Gasteiger partial charge in [0.25, 0.3) is 5.69 Å². The molecule has 13 heteroatoms. The van der Waals surface area contributed by atoms with Gasteiger partial charge in [-0.1, -0.05) is 36.4 Å². The molecule has 1 aliphatic rings. The lowest BCUT2D eigenvalue weighted by molar-refractivity contribution is -0.387. The van der Waals surface area contributed by atoms with Crippen molar-refractivity contribution in [1.29, 1.82) is 0 Å². The van der Waals surface area contributed by atoms with Crippen molar-refractivity contribution in [3.63, 3.8) is 0 Å². The number of aliphatic carboxylic acids is 2. The van der Waals surface area contributed by atoms with Crippen LogP contribution in [0.25, 0.3) is 21.8 Å². The van der Waals surface area contributed by atoms with E-state index in [0.717, 1.165) is 13.1 Å². The van der Waals surface area contributed by atoms with Gasteiger partial charge in [-0.05, 0) is 36.8 Å². The summed E-state index contributed by atoms with van der Waals surface area (Å²) in [6.45, 7) is 5.50. The molecular weight excluding hydrogens is 540 g/mol. The number of piperazine rings is 1. The summed E-state index contributed by atoms with van der Waals surface area (Å²) in [5.74, 6) is -3.65. The summed E-state index contributed by atoms with van der Waals surface area (Å²) in [4.78, 5) is 30.9. The van der Waals surface area contributed by atoms with Gasteiger partial charge in [0, 0.05) is 67.1 Å². The third-order valence-electron chi connectivity index (χ3n) is 6.75. The molecule has 0 radical (unpaired) electrons. The number of carbonyl (C=O) groups is 2. The van der Waals surface area contributed by atoms with E-state index in [1.165, 1.54) is 55.9 Å². The van der Waals surface area contributed by atoms with Gasteiger partial charge in [0.15, 0.2) is 4.90 Å². The Morgan fingerprint density at radius 3 is 2.10 bits per heavy atom. The van der Waals surface area contributed by atoms with Crippen LogP contribution in [0.3, 0.4) is 0 Å². The van der Waals surface area contributed by atoms with Crippen LogP contribution in [0.5, 0.6) is 0 Å². The summed E-state index contributed by atoms with van der Waals surface area (Å²) in [7, 11) is -3.93. The lowest BCUT2D eigenvalue weighted by atomic mass is 10.1. The number of sulfonamides is 1. The molecule has 0 spiro atoms. The lowest BCUT2D eigenvalue weighted by Gasteiger charge is -2.33. The second kappa shape index (κ2) is 11.8. The van der Waals surface area contributed by atoms with Crippen LogP contribution >= 0.6 is 0 Å². The van der Waals surface area contributed by atoms with Crippen LogP contribution in [0.4, 0.5) is 5.69 Å². The number of hydrogen-bond donors (Lipinski definition) is 2. The third kappa shape index (κ3) is 5.81. The molecule has 0 atom stereocenters. The Kier molecular flexibility index (Phi) is 8.47. The molecule has 2 N–H and O–H groups in total. The first kappa shape index (κ1) is 28.7. The zero-order chi connectivity index (χ0) is 29.0. The Morgan fingerprint density at radius 2 is 1.48 bits per heavy atom. The highest BCUT2D eigenvalue weighted by atomic mass is 32.2. The molecular formula is C27H28N4O8S. The van der Waals surface area contributed by atoms with Crippen molar-refractivity contribution < 1.29 is 33.1 Å². The predicted molar refractivity (Wildman–Crippen MR) is 148 cm³/mol. The number of aromatic nitrogens is 1. The van der Waals surface area contributed by atoms with Gasteiger partial charge < -0.3 is 14.8 Å². The van der Waals surface area contributed by atoms with Crippen molar-refractivity contribution in [2.24, 2.45) is 0 Å². The molecule has 1 aliphatic heterocycles. The molecule has 0 saturated carbocycles. The highest BCUT2D eigenvalue weighted by Gasteiger charge is 2.33. The summed E-state index contributed by atoms with van der Waals surface area (Å²) in [6, 6.07) is 20.5. The van der Waals surface area contributed by atoms with Crippen molar-refractivity contribution in [3.8, 4) is 0 Å². The highest BCUT2D eigenvalue weighted by Crippen LogP contribution is 2.31. The average molecular weight is 569 g/mol. The summed E-state index contributed by atoms with van der Waals surface area (Å²) < 4.78 is 29.8. The number of carboxylic acids is 2. The molecule has 1 saturated heterocycles. The minimum Gasteiger partial charge on any atom is -0.473 e. The quantitative estimate of drug-likeness (QED) is 0.202. The van der Waals surface area contributed by atoms with E-state index < -0.39 is 26.9 Å². The van der Waals surface area contributed by atoms with Gasteiger partial charge in [-0.2, -0.15) is 4.31 Å². The number of hydrogen-bond acceptors (Lipinski definition) is 7. The number of nitro benzene ring substituents is 1. The monoisotopic (exact) mass is 568 g/mol. The normalized spacial score (nSPS) is 14.5. The zero-order valence-electron chi connectivity index (χ0n) is 21.6. The first-order valence-corrected chi connectivity index (χ1v) is 13.9. The van der Waals surface area contributed by atoms with Gasteiger partial charge in [-0.25, -0.2) is 18.0 Å². The van der Waals surface area contributed by atoms with Crippen molar-refractivity contribution in [2.45, 2.75) is 24.9 Å². The standard InChI is InChI=1S/C25H26N4O4S.C2H2O4/c1-2-28-22-8-4-3-7-20(22)21-17-19(11-12-23(21)28)18-26-13-15-27(16-14-26)34(32,33)25-10-6-5-9-24(25)29(30)31;3-1(4)2(5)6/h3-12,17H,2,13-16,18H2,1H3;(H,3,4)(H,5,6). The van der Waals surface area contributed by atoms with E-state index in [2.05, 4.69) is 58.9 Å². The number of nitro groups is 1. The van der Waals surface area contributed by atoms with Gasteiger partial charge in [-0.3, -0.25) is 15.0 Å². The summed E-state index contributed by atoms with van der Waals surface area (Å²) in [5.41, 5.74) is 3.24. The predicted octanol–water partition coefficient (Wildman–Crippen LogP) is 3.38. The van der Waals surface area contributed by atoms with Gasteiger partial charge in [-0.15, -0.1) is 0 Å². The number of nitrogens with zero attached hydrogens (tertiary/aromatic N) is 4. The van der Waals surface area contributed by atoms with Crippen LogP contribution in [0.2, 0.25) is 0 Å². The lowest BCUT2D eigenvalue weighted by Crippen LogP contribution is -2.48. The summed E-state index contributed by atoms with van der Waals surface area (Å²) >= 11 is 0. The van der Waals surface area contributed by atoms with E-state index >= 15 is 0 Å². The zero-order valence-corrected chi connectivity index (χ0v) is 22.5. The first-order valence-electron chi connectivity index (χ1n) is 12.5. The Bertz CT molecular complexity index is 1680. The van der Waals surface area contributed by atoms with E-state index in [9.17, 15) is 18.5 Å². The molecule has 3 aromatic carbocycles. The number of fused-ring (bicyclic) bond motifs is 3. The number of aryl methyl sites for hydroxylation is 1. The van der Waals surface area contributed by atoms with Crippen molar-refractivity contribution in [3.05, 3.63) is 82.4 Å². The molecule has 2 heterocycles. The Balaban J connectivity index is 0.000000557. The topological polar surface area (TPSA) is 163 Å². The number of rotatable bonds is 6. The van der Waals surface area contributed by atoms with E-state index in [1.807, 2.05) is 0 Å². The fourth-order valence-corrected chi connectivity index (χ4v) is 6.47. The maximum Gasteiger partial charge on any atom is 0.414 e. The van der Waals surface area contributed by atoms with Gasteiger partial charge >= 0.3 is 11.9 Å². The molecule has 5 rings (SSSR count). The minimum absolute atomic E-state index is 0.244. The summed E-state index contributed by atoms with van der Waals surface area (Å²) in [5, 5.41) is 28.6. The van der Waals surface area contributed by atoms with Crippen molar-refractivity contribution >= 4 is 49.5 Å². The fourth-order valence-electron chi connectivity index (χ4n) is 4.89. The maximum absolute atomic E-state index is 13.1. The van der Waals surface area contributed by atoms with Crippen LogP contribution < -0.4 is 0 Å². The van der Waals surface area contributed by atoms with Crippen molar-refractivity contribution in [2.75, 3.05) is 26.2 Å². The second-order valence-corrected chi connectivity index (χ2v) is 11.0. The highest BCUT2D eigenvalue weighted by molar-refractivity contribution is 7.89. The van der Waals surface area contributed by atoms with E-state index in [1.54, 1.807) is 0 Å². The van der Waals surface area contributed by atoms with Gasteiger partial charge in [0.05, 0.1) is 4.92 Å². The van der Waals surface area contributed by atoms with Crippen LogP contribution in [-0.4, -0.2) is 75.4 Å². The van der Waals surface area contributed by atoms with E-state index in [-0.39, 0.29) is 10.6 Å². The second-order valence-electron chi connectivity index (χ2n) is 9.13. The Hall–Kier alpha value is -4.33. The molecule has 1 fully saturated rings. The minimum atomic E-state index is -3.93. The average Bonchev–Trinajstić information content (AvgIpc) is 3.26. The Labute approximate surface area is 229 Å². The Morgan fingerprint density at radius 1 is 0.875 bits per heavy atom. The van der Waals surface area contributed by atoms with E-state index in [4.69, 9.17) is 19.8 Å². The SMILES string of the molecule is CCn1c2ccccc2c2cc(CN3CCN(S(=O)(=O)c4ccccc4[N+](=O)[O-])CC3)ccc21.O=C(O)C(=O)O. The largest absolute Gasteiger partial charge is 0.473 e. The van der Waals surface area contributed by atoms with E-state index in [0.29, 0.717) is 26.2 Å². The third-order valence-corrected chi connectivity index (χ3v) is 8.70. The van der Waals surface area contributed by atoms with Gasteiger partial charge in [0.1, 0.15) is 0 Å². The smallest absolute Gasteiger partial charge is 0.414 e. The molecule has 210 valence electrons. The fraction of sp³-hybridized carbons (Fsp3) is 0.259. The first-order chi connectivity index (χ1) is 19.0. The van der Waals surface area contributed by atoms with Crippen molar-refractivity contribution in [1.82, 2.24) is 13.8 Å². The molecule has 40 heavy (non-hydrogen) atoms. The van der Waals surface area contributed by atoms with Gasteiger partial charge in [0.2, 0.25) is 10.0 Å². The molecule has 1 aromatic heterocycles. The van der Waals surface area contributed by atoms with Crippen LogP contribution in [0, 0.1) is 10.1 Å². The van der Waals surface area contributed by atoms with Crippen LogP contribution in [0.15, 0.2) is 71.6 Å². The number of para-hydroxylation sites is 2. The number of benzene rings is 3. The molecule has 0 aliphatic carbocycles. The molecule has 0 unspecified atom stereocenters. The molecule has 0 amide bonds. The maximum atomic E-state index is 13.1. The van der Waals surface area contributed by atoms with Crippen LogP contribution in [0.1, 0.15) is 12.5 Å². The van der Waals surface area contributed by atoms with Crippen LogP contribution in [-0.2, 0) is 32.7 Å². The number of carboxylic acid groups (broad SMARTS) is 2. The molecule has 4 aromatic rings.